The van der Waals surface area contributed by atoms with Crippen LogP contribution in [0.1, 0.15) is 17.3 Å². The largest absolute Gasteiger partial charge is 0.507 e. The Kier molecular flexibility index (Phi) is 4.03. The molecule has 1 aromatic rings. The lowest BCUT2D eigenvalue weighted by Gasteiger charge is -2.35. The van der Waals surface area contributed by atoms with Gasteiger partial charge in [0.25, 0.3) is 5.91 Å². The number of amides is 1. The second-order valence-electron chi connectivity index (χ2n) is 4.65. The molecule has 1 aliphatic rings. The summed E-state index contributed by atoms with van der Waals surface area (Å²) in [7, 11) is 0. The fourth-order valence-electron chi connectivity index (χ4n) is 2.22. The Hall–Kier alpha value is -2.06. The predicted octanol–water partition coefficient (Wildman–Crippen LogP) is 1.06. The van der Waals surface area contributed by atoms with Gasteiger partial charge in [-0.2, -0.15) is 5.26 Å². The van der Waals surface area contributed by atoms with E-state index in [9.17, 15) is 9.90 Å². The van der Waals surface area contributed by atoms with Crippen LogP contribution in [0, 0.1) is 11.3 Å². The van der Waals surface area contributed by atoms with Gasteiger partial charge in [-0.25, -0.2) is 0 Å². The SMILES string of the molecule is CC(C#N)N1CCN(C(=O)c2ccccc2O)CC1. The van der Waals surface area contributed by atoms with Crippen molar-refractivity contribution in [2.24, 2.45) is 0 Å². The summed E-state index contributed by atoms with van der Waals surface area (Å²) in [6.45, 7) is 4.40. The first-order valence-electron chi connectivity index (χ1n) is 6.34. The molecule has 1 amide bonds. The zero-order valence-corrected chi connectivity index (χ0v) is 10.9. The number of phenols is 1. The Bertz CT molecular complexity index is 502. The predicted molar refractivity (Wildman–Crippen MR) is 70.7 cm³/mol. The monoisotopic (exact) mass is 259 g/mol. The van der Waals surface area contributed by atoms with Crippen molar-refractivity contribution in [3.63, 3.8) is 0 Å². The molecule has 0 bridgehead atoms. The zero-order valence-electron chi connectivity index (χ0n) is 10.9. The number of para-hydroxylation sites is 1. The minimum absolute atomic E-state index is 0.0142. The molecule has 0 aliphatic carbocycles. The van der Waals surface area contributed by atoms with Gasteiger partial charge in [0.1, 0.15) is 5.75 Å². The Labute approximate surface area is 112 Å². The van der Waals surface area contributed by atoms with Gasteiger partial charge in [-0.15, -0.1) is 0 Å². The summed E-state index contributed by atoms with van der Waals surface area (Å²) in [4.78, 5) is 16.0. The van der Waals surface area contributed by atoms with Crippen molar-refractivity contribution in [1.29, 1.82) is 5.26 Å². The molecule has 1 N–H and O–H groups in total. The van der Waals surface area contributed by atoms with Gasteiger partial charge < -0.3 is 10.0 Å². The van der Waals surface area contributed by atoms with Gasteiger partial charge >= 0.3 is 0 Å². The van der Waals surface area contributed by atoms with E-state index in [1.54, 1.807) is 23.1 Å². The van der Waals surface area contributed by atoms with Crippen molar-refractivity contribution in [1.82, 2.24) is 9.80 Å². The summed E-state index contributed by atoms with van der Waals surface area (Å²) in [5, 5.41) is 18.6. The van der Waals surface area contributed by atoms with Crippen LogP contribution >= 0.6 is 0 Å². The van der Waals surface area contributed by atoms with E-state index in [1.165, 1.54) is 6.07 Å². The number of benzene rings is 1. The molecule has 1 fully saturated rings. The maximum Gasteiger partial charge on any atom is 0.257 e. The highest BCUT2D eigenvalue weighted by Gasteiger charge is 2.25. The molecule has 5 nitrogen and oxygen atoms in total. The number of hydrogen-bond acceptors (Lipinski definition) is 4. The van der Waals surface area contributed by atoms with E-state index in [4.69, 9.17) is 5.26 Å². The first-order chi connectivity index (χ1) is 9.13. The minimum atomic E-state index is -0.151. The topological polar surface area (TPSA) is 67.6 Å². The van der Waals surface area contributed by atoms with E-state index >= 15 is 0 Å². The third kappa shape index (κ3) is 2.85. The highest BCUT2D eigenvalue weighted by atomic mass is 16.3. The number of nitrogens with zero attached hydrogens (tertiary/aromatic N) is 3. The lowest BCUT2D eigenvalue weighted by molar-refractivity contribution is 0.0613. The van der Waals surface area contributed by atoms with Crippen LogP contribution in [0.5, 0.6) is 5.75 Å². The van der Waals surface area contributed by atoms with Gasteiger partial charge in [-0.1, -0.05) is 12.1 Å². The molecule has 0 saturated carbocycles. The highest BCUT2D eigenvalue weighted by molar-refractivity contribution is 5.96. The molecule has 0 radical (unpaired) electrons. The van der Waals surface area contributed by atoms with Crippen LogP contribution in [0.25, 0.3) is 0 Å². The summed E-state index contributed by atoms with van der Waals surface area (Å²) in [5.74, 6) is -0.136. The fourth-order valence-corrected chi connectivity index (χ4v) is 2.22. The average molecular weight is 259 g/mol. The molecule has 0 spiro atoms. The van der Waals surface area contributed by atoms with E-state index in [1.807, 2.05) is 6.92 Å². The van der Waals surface area contributed by atoms with Gasteiger partial charge in [-0.3, -0.25) is 9.69 Å². The van der Waals surface area contributed by atoms with Gasteiger partial charge in [0.2, 0.25) is 0 Å². The van der Waals surface area contributed by atoms with Crippen LogP contribution in [0.3, 0.4) is 0 Å². The molecule has 1 heterocycles. The number of aromatic hydroxyl groups is 1. The Morgan fingerprint density at radius 3 is 2.53 bits per heavy atom. The van der Waals surface area contributed by atoms with E-state index in [0.29, 0.717) is 31.7 Å². The number of nitriles is 1. The third-order valence-corrected chi connectivity index (χ3v) is 3.47. The molecule has 5 heteroatoms. The van der Waals surface area contributed by atoms with E-state index in [-0.39, 0.29) is 17.7 Å². The molecule has 100 valence electrons. The van der Waals surface area contributed by atoms with Crippen molar-refractivity contribution in [2.45, 2.75) is 13.0 Å². The van der Waals surface area contributed by atoms with Gasteiger partial charge in [0, 0.05) is 26.2 Å². The third-order valence-electron chi connectivity index (χ3n) is 3.47. The Morgan fingerprint density at radius 2 is 1.95 bits per heavy atom. The van der Waals surface area contributed by atoms with Gasteiger partial charge in [0.15, 0.2) is 0 Å². The molecule has 2 rings (SSSR count). The average Bonchev–Trinajstić information content (AvgIpc) is 2.46. The van der Waals surface area contributed by atoms with E-state index in [2.05, 4.69) is 11.0 Å². The lowest BCUT2D eigenvalue weighted by atomic mass is 10.1. The number of rotatable bonds is 2. The number of carbonyl (C=O) groups excluding carboxylic acids is 1. The first kappa shape index (κ1) is 13.4. The second-order valence-corrected chi connectivity index (χ2v) is 4.65. The minimum Gasteiger partial charge on any atom is -0.507 e. The van der Waals surface area contributed by atoms with Crippen molar-refractivity contribution in [2.75, 3.05) is 26.2 Å². The van der Waals surface area contributed by atoms with Crippen LogP contribution in [0.4, 0.5) is 0 Å². The van der Waals surface area contributed by atoms with Crippen LogP contribution in [0.2, 0.25) is 0 Å². The summed E-state index contributed by atoms with van der Waals surface area (Å²) >= 11 is 0. The molecule has 0 aromatic heterocycles. The van der Waals surface area contributed by atoms with Crippen LogP contribution in [-0.4, -0.2) is 53.0 Å². The first-order valence-corrected chi connectivity index (χ1v) is 6.34. The van der Waals surface area contributed by atoms with Crippen molar-refractivity contribution < 1.29 is 9.90 Å². The molecule has 1 atom stereocenters. The summed E-state index contributed by atoms with van der Waals surface area (Å²) in [5.41, 5.74) is 0.337. The molecule has 1 unspecified atom stereocenters. The number of hydrogen-bond donors (Lipinski definition) is 1. The lowest BCUT2D eigenvalue weighted by Crippen LogP contribution is -2.51. The molecular formula is C14H17N3O2. The van der Waals surface area contributed by atoms with E-state index < -0.39 is 0 Å². The summed E-state index contributed by atoms with van der Waals surface area (Å²) in [6.07, 6.45) is 0. The fraction of sp³-hybridized carbons (Fsp3) is 0.429. The molecule has 19 heavy (non-hydrogen) atoms. The standard InChI is InChI=1S/C14H17N3O2/c1-11(10-15)16-6-8-17(9-7-16)14(19)12-4-2-3-5-13(12)18/h2-5,11,18H,6-9H2,1H3. The summed E-state index contributed by atoms with van der Waals surface area (Å²) < 4.78 is 0. The number of phenolic OH excluding ortho intramolecular Hbond substituents is 1. The van der Waals surface area contributed by atoms with E-state index in [0.717, 1.165) is 0 Å². The normalized spacial score (nSPS) is 17.8. The molecular weight excluding hydrogens is 242 g/mol. The van der Waals surface area contributed by atoms with Crippen LogP contribution < -0.4 is 0 Å². The Balaban J connectivity index is 2.01. The summed E-state index contributed by atoms with van der Waals surface area (Å²) in [6, 6.07) is 8.65. The molecule has 1 aromatic carbocycles. The van der Waals surface area contributed by atoms with Gasteiger partial charge in [0.05, 0.1) is 17.7 Å². The number of piperazine rings is 1. The molecule has 1 aliphatic heterocycles. The number of carbonyl (C=O) groups is 1. The van der Waals surface area contributed by atoms with Crippen LogP contribution in [0.15, 0.2) is 24.3 Å². The second kappa shape index (κ2) is 5.72. The van der Waals surface area contributed by atoms with Crippen molar-refractivity contribution in [3.8, 4) is 11.8 Å². The van der Waals surface area contributed by atoms with Gasteiger partial charge in [-0.05, 0) is 19.1 Å². The maximum absolute atomic E-state index is 12.2. The smallest absolute Gasteiger partial charge is 0.257 e. The van der Waals surface area contributed by atoms with Crippen LogP contribution in [-0.2, 0) is 0 Å². The quantitative estimate of drug-likeness (QED) is 0.862. The molecule has 1 saturated heterocycles. The zero-order chi connectivity index (χ0) is 13.8. The Morgan fingerprint density at radius 1 is 1.32 bits per heavy atom. The maximum atomic E-state index is 12.2. The van der Waals surface area contributed by atoms with Crippen molar-refractivity contribution in [3.05, 3.63) is 29.8 Å². The highest BCUT2D eigenvalue weighted by Crippen LogP contribution is 2.19. The van der Waals surface area contributed by atoms with Crippen molar-refractivity contribution >= 4 is 5.91 Å².